The van der Waals surface area contributed by atoms with Crippen LogP contribution in [-0.4, -0.2) is 16.9 Å². The average Bonchev–Trinajstić information content (AvgIpc) is 2.92. The highest BCUT2D eigenvalue weighted by atomic mass is 32.1. The van der Waals surface area contributed by atoms with Gasteiger partial charge in [0.25, 0.3) is 11.8 Å². The second-order valence-electron chi connectivity index (χ2n) is 3.91. The molecule has 0 radical (unpaired) electrons. The number of hydrogen-bond acceptors (Lipinski definition) is 4. The van der Waals surface area contributed by atoms with Crippen molar-refractivity contribution in [1.29, 1.82) is 0 Å². The SMILES string of the molecule is Cc1ccc(O)c(C(=O)NNC(=O)c2cccs2)c1. The molecule has 0 fully saturated rings. The number of carbonyl (C=O) groups is 2. The van der Waals surface area contributed by atoms with E-state index in [4.69, 9.17) is 0 Å². The maximum absolute atomic E-state index is 11.8. The molecule has 0 atom stereocenters. The molecule has 98 valence electrons. The number of amides is 2. The van der Waals surface area contributed by atoms with Gasteiger partial charge in [-0.2, -0.15) is 0 Å². The van der Waals surface area contributed by atoms with Crippen molar-refractivity contribution in [1.82, 2.24) is 10.9 Å². The van der Waals surface area contributed by atoms with Crippen LogP contribution in [0, 0.1) is 6.92 Å². The zero-order chi connectivity index (χ0) is 13.8. The van der Waals surface area contributed by atoms with E-state index in [-0.39, 0.29) is 11.3 Å². The third kappa shape index (κ3) is 3.11. The van der Waals surface area contributed by atoms with Crippen LogP contribution in [-0.2, 0) is 0 Å². The molecule has 2 rings (SSSR count). The van der Waals surface area contributed by atoms with Crippen LogP contribution in [0.25, 0.3) is 0 Å². The van der Waals surface area contributed by atoms with Gasteiger partial charge in [0, 0.05) is 0 Å². The lowest BCUT2D eigenvalue weighted by atomic mass is 10.1. The molecule has 3 N–H and O–H groups in total. The summed E-state index contributed by atoms with van der Waals surface area (Å²) in [6, 6.07) is 8.06. The Morgan fingerprint density at radius 1 is 1.16 bits per heavy atom. The first-order chi connectivity index (χ1) is 9.08. The van der Waals surface area contributed by atoms with Crippen LogP contribution in [0.1, 0.15) is 25.6 Å². The standard InChI is InChI=1S/C13H12N2O3S/c1-8-4-5-10(16)9(7-8)12(17)14-15-13(18)11-3-2-6-19-11/h2-7,16H,1H3,(H,14,17)(H,15,18). The van der Waals surface area contributed by atoms with Crippen molar-refractivity contribution in [3.8, 4) is 5.75 Å². The van der Waals surface area contributed by atoms with E-state index in [1.165, 1.54) is 17.4 Å². The van der Waals surface area contributed by atoms with Crippen LogP contribution in [0.2, 0.25) is 0 Å². The monoisotopic (exact) mass is 276 g/mol. The molecule has 19 heavy (non-hydrogen) atoms. The van der Waals surface area contributed by atoms with Gasteiger partial charge in [-0.15, -0.1) is 11.3 Å². The Morgan fingerprint density at radius 3 is 2.58 bits per heavy atom. The zero-order valence-electron chi connectivity index (χ0n) is 10.1. The van der Waals surface area contributed by atoms with Gasteiger partial charge < -0.3 is 5.11 Å². The molecule has 0 aliphatic heterocycles. The third-order valence-electron chi connectivity index (χ3n) is 2.43. The maximum atomic E-state index is 11.8. The van der Waals surface area contributed by atoms with E-state index >= 15 is 0 Å². The number of rotatable bonds is 2. The third-order valence-corrected chi connectivity index (χ3v) is 3.30. The molecule has 0 bridgehead atoms. The molecule has 0 spiro atoms. The quantitative estimate of drug-likeness (QED) is 0.732. The second kappa shape index (κ2) is 5.53. The average molecular weight is 276 g/mol. The predicted octanol–water partition coefficient (Wildman–Crippen LogP) is 1.84. The maximum Gasteiger partial charge on any atom is 0.279 e. The van der Waals surface area contributed by atoms with E-state index in [0.717, 1.165) is 5.56 Å². The fraction of sp³-hybridized carbons (Fsp3) is 0.0769. The smallest absolute Gasteiger partial charge is 0.279 e. The fourth-order valence-electron chi connectivity index (χ4n) is 1.48. The summed E-state index contributed by atoms with van der Waals surface area (Å²) in [5.41, 5.74) is 5.51. The Balaban J connectivity index is 2.02. The summed E-state index contributed by atoms with van der Waals surface area (Å²) in [4.78, 5) is 23.9. The van der Waals surface area contributed by atoms with Gasteiger partial charge in [-0.3, -0.25) is 20.4 Å². The lowest BCUT2D eigenvalue weighted by Crippen LogP contribution is -2.41. The summed E-state index contributed by atoms with van der Waals surface area (Å²) in [5, 5.41) is 11.4. The van der Waals surface area contributed by atoms with E-state index in [0.29, 0.717) is 4.88 Å². The minimum absolute atomic E-state index is 0.117. The first-order valence-corrected chi connectivity index (χ1v) is 6.39. The van der Waals surface area contributed by atoms with Crippen LogP contribution >= 0.6 is 11.3 Å². The van der Waals surface area contributed by atoms with Crippen LogP contribution in [0.5, 0.6) is 5.75 Å². The molecule has 2 amide bonds. The molecule has 1 aromatic carbocycles. The molecule has 1 aromatic heterocycles. The molecule has 0 aliphatic carbocycles. The number of hydrazine groups is 1. The summed E-state index contributed by atoms with van der Waals surface area (Å²) in [6.45, 7) is 1.81. The summed E-state index contributed by atoms with van der Waals surface area (Å²) in [6.07, 6.45) is 0. The van der Waals surface area contributed by atoms with Crippen LogP contribution in [0.3, 0.4) is 0 Å². The Kier molecular flexibility index (Phi) is 3.82. The summed E-state index contributed by atoms with van der Waals surface area (Å²) in [5.74, 6) is -1.09. The zero-order valence-corrected chi connectivity index (χ0v) is 11.0. The van der Waals surface area contributed by atoms with Gasteiger partial charge in [0.2, 0.25) is 0 Å². The van der Waals surface area contributed by atoms with Gasteiger partial charge in [0.15, 0.2) is 0 Å². The number of hydrogen-bond donors (Lipinski definition) is 3. The molecule has 6 heteroatoms. The van der Waals surface area contributed by atoms with E-state index in [2.05, 4.69) is 10.9 Å². The van der Waals surface area contributed by atoms with Crippen molar-refractivity contribution in [2.24, 2.45) is 0 Å². The van der Waals surface area contributed by atoms with Crippen molar-refractivity contribution < 1.29 is 14.7 Å². The van der Waals surface area contributed by atoms with Gasteiger partial charge in [-0.1, -0.05) is 17.7 Å². The first kappa shape index (κ1) is 13.1. The van der Waals surface area contributed by atoms with Crippen molar-refractivity contribution in [3.63, 3.8) is 0 Å². The number of benzene rings is 1. The highest BCUT2D eigenvalue weighted by Crippen LogP contribution is 2.17. The molecule has 0 unspecified atom stereocenters. The normalized spacial score (nSPS) is 9.95. The Morgan fingerprint density at radius 2 is 1.89 bits per heavy atom. The molecule has 2 aromatic rings. The predicted molar refractivity (Wildman–Crippen MR) is 72.1 cm³/mol. The van der Waals surface area contributed by atoms with Gasteiger partial charge in [-0.25, -0.2) is 0 Å². The molecule has 0 saturated carbocycles. The van der Waals surface area contributed by atoms with Gasteiger partial charge in [0.05, 0.1) is 10.4 Å². The largest absolute Gasteiger partial charge is 0.507 e. The highest BCUT2D eigenvalue weighted by Gasteiger charge is 2.13. The van der Waals surface area contributed by atoms with E-state index in [1.54, 1.807) is 36.6 Å². The van der Waals surface area contributed by atoms with Gasteiger partial charge in [0.1, 0.15) is 5.75 Å². The van der Waals surface area contributed by atoms with E-state index in [1.807, 2.05) is 0 Å². The van der Waals surface area contributed by atoms with Crippen molar-refractivity contribution in [3.05, 3.63) is 51.7 Å². The Hall–Kier alpha value is -2.34. The van der Waals surface area contributed by atoms with Crippen molar-refractivity contribution in [2.45, 2.75) is 6.92 Å². The van der Waals surface area contributed by atoms with E-state index < -0.39 is 11.8 Å². The number of thiophene rings is 1. The van der Waals surface area contributed by atoms with Crippen molar-refractivity contribution >= 4 is 23.2 Å². The lowest BCUT2D eigenvalue weighted by Gasteiger charge is -2.08. The van der Waals surface area contributed by atoms with Gasteiger partial charge >= 0.3 is 0 Å². The van der Waals surface area contributed by atoms with Crippen LogP contribution in [0.4, 0.5) is 0 Å². The molecular formula is C13H12N2O3S. The topological polar surface area (TPSA) is 78.4 Å². The number of aromatic hydroxyl groups is 1. The number of phenolic OH excluding ortho intramolecular Hbond substituents is 1. The molecule has 1 heterocycles. The number of carbonyl (C=O) groups excluding carboxylic acids is 2. The Bertz CT molecular complexity index is 608. The van der Waals surface area contributed by atoms with Crippen molar-refractivity contribution in [2.75, 3.05) is 0 Å². The highest BCUT2D eigenvalue weighted by molar-refractivity contribution is 7.12. The lowest BCUT2D eigenvalue weighted by molar-refractivity contribution is 0.0847. The minimum atomic E-state index is -0.564. The van der Waals surface area contributed by atoms with E-state index in [9.17, 15) is 14.7 Å². The number of nitrogens with one attached hydrogen (secondary N) is 2. The number of phenols is 1. The summed E-state index contributed by atoms with van der Waals surface area (Å²) in [7, 11) is 0. The Labute approximate surface area is 113 Å². The number of aryl methyl sites for hydroxylation is 1. The second-order valence-corrected chi connectivity index (χ2v) is 4.85. The summed E-state index contributed by atoms with van der Waals surface area (Å²) >= 11 is 1.27. The van der Waals surface area contributed by atoms with Gasteiger partial charge in [-0.05, 0) is 30.5 Å². The molecule has 0 aliphatic rings. The van der Waals surface area contributed by atoms with Crippen LogP contribution < -0.4 is 10.9 Å². The molecule has 5 nitrogen and oxygen atoms in total. The first-order valence-electron chi connectivity index (χ1n) is 5.52. The van der Waals surface area contributed by atoms with Crippen LogP contribution in [0.15, 0.2) is 35.7 Å². The minimum Gasteiger partial charge on any atom is -0.507 e. The summed E-state index contributed by atoms with van der Waals surface area (Å²) < 4.78 is 0. The molecular weight excluding hydrogens is 264 g/mol. The molecule has 0 saturated heterocycles. The fourth-order valence-corrected chi connectivity index (χ4v) is 2.10.